The lowest BCUT2D eigenvalue weighted by molar-refractivity contribution is 0.425. The van der Waals surface area contributed by atoms with Crippen molar-refractivity contribution in [1.29, 1.82) is 0 Å². The van der Waals surface area contributed by atoms with E-state index in [0.717, 1.165) is 48.1 Å². The van der Waals surface area contributed by atoms with Crippen LogP contribution < -0.4 is 10.2 Å². The van der Waals surface area contributed by atoms with Crippen LogP contribution in [0.5, 0.6) is 0 Å². The van der Waals surface area contributed by atoms with Gasteiger partial charge in [0.1, 0.15) is 17.7 Å². The van der Waals surface area contributed by atoms with E-state index in [4.69, 9.17) is 0 Å². The maximum Gasteiger partial charge on any atom is 0.177 e. The molecule has 0 amide bonds. The van der Waals surface area contributed by atoms with Gasteiger partial charge >= 0.3 is 0 Å². The highest BCUT2D eigenvalue weighted by atomic mass is 15.4. The van der Waals surface area contributed by atoms with Crippen molar-refractivity contribution in [3.05, 3.63) is 42.6 Å². The molecule has 0 spiro atoms. The summed E-state index contributed by atoms with van der Waals surface area (Å²) in [5, 5.41) is 20.2. The molecule has 0 bridgehead atoms. The zero-order chi connectivity index (χ0) is 16.8. The lowest BCUT2D eigenvalue weighted by Crippen LogP contribution is -2.50. The van der Waals surface area contributed by atoms with Crippen molar-refractivity contribution in [2.24, 2.45) is 5.92 Å². The molecule has 0 radical (unpaired) electrons. The number of nitrogens with one attached hydrogen (secondary N) is 1. The molecule has 0 atom stereocenters. The van der Waals surface area contributed by atoms with Crippen LogP contribution >= 0.6 is 0 Å². The number of hydrogen-bond acceptors (Lipinski definition) is 7. The second-order valence-corrected chi connectivity index (χ2v) is 6.37. The van der Waals surface area contributed by atoms with Crippen molar-refractivity contribution in [2.75, 3.05) is 29.9 Å². The Balaban J connectivity index is 1.23. The Labute approximate surface area is 143 Å². The predicted molar refractivity (Wildman–Crippen MR) is 92.7 cm³/mol. The molecule has 1 aliphatic heterocycles. The predicted octanol–water partition coefficient (Wildman–Crippen LogP) is 1.02. The summed E-state index contributed by atoms with van der Waals surface area (Å²) in [7, 11) is 0. The minimum absolute atomic E-state index is 0.560. The summed E-state index contributed by atoms with van der Waals surface area (Å²) in [6, 6.07) is 5.97. The smallest absolute Gasteiger partial charge is 0.177 e. The summed E-state index contributed by atoms with van der Waals surface area (Å²) in [5.74, 6) is 2.39. The monoisotopic (exact) mass is 335 g/mol. The van der Waals surface area contributed by atoms with Crippen molar-refractivity contribution in [2.45, 2.75) is 6.92 Å². The van der Waals surface area contributed by atoms with Crippen LogP contribution in [-0.2, 0) is 0 Å². The summed E-state index contributed by atoms with van der Waals surface area (Å²) < 4.78 is 3.56. The number of nitrogens with zero attached hydrogens (tertiary/aromatic N) is 8. The summed E-state index contributed by atoms with van der Waals surface area (Å²) in [4.78, 5) is 6.69. The minimum Gasteiger partial charge on any atom is -0.368 e. The summed E-state index contributed by atoms with van der Waals surface area (Å²) in [5.41, 5.74) is 2.76. The normalized spacial score (nSPS) is 15.0. The van der Waals surface area contributed by atoms with Crippen LogP contribution in [0.15, 0.2) is 36.9 Å². The molecule has 1 saturated heterocycles. The Morgan fingerprint density at radius 2 is 2.12 bits per heavy atom. The molecular formula is C16H17N9. The summed E-state index contributed by atoms with van der Waals surface area (Å²) in [6.45, 7) is 4.80. The van der Waals surface area contributed by atoms with E-state index in [1.807, 2.05) is 35.8 Å². The first-order valence-electron chi connectivity index (χ1n) is 8.23. The number of hydrogen-bond donors (Lipinski definition) is 1. The molecule has 9 nitrogen and oxygen atoms in total. The number of fused-ring (bicyclic) bond motifs is 2. The molecule has 25 heavy (non-hydrogen) atoms. The fraction of sp³-hybridized carbons (Fsp3) is 0.312. The average molecular weight is 335 g/mol. The molecule has 5 rings (SSSR count). The molecule has 9 heteroatoms. The Kier molecular flexibility index (Phi) is 3.06. The number of rotatable bonds is 4. The second-order valence-electron chi connectivity index (χ2n) is 6.37. The topological polar surface area (TPSA) is 88.5 Å². The van der Waals surface area contributed by atoms with Gasteiger partial charge in [-0.25, -0.2) is 9.50 Å². The number of aromatic nitrogens is 7. The van der Waals surface area contributed by atoms with Gasteiger partial charge in [-0.1, -0.05) is 0 Å². The highest BCUT2D eigenvalue weighted by Gasteiger charge is 2.28. The summed E-state index contributed by atoms with van der Waals surface area (Å²) in [6.07, 6.45) is 5.26. The zero-order valence-electron chi connectivity index (χ0n) is 13.7. The third-order valence-electron chi connectivity index (χ3n) is 4.50. The van der Waals surface area contributed by atoms with Gasteiger partial charge in [0, 0.05) is 37.9 Å². The molecule has 0 aromatic carbocycles. The van der Waals surface area contributed by atoms with Gasteiger partial charge in [-0.2, -0.15) is 9.61 Å². The van der Waals surface area contributed by atoms with Crippen LogP contribution in [0, 0.1) is 12.8 Å². The molecule has 0 saturated carbocycles. The lowest BCUT2D eigenvalue weighted by Gasteiger charge is -2.40. The van der Waals surface area contributed by atoms with E-state index in [1.165, 1.54) is 0 Å². The first-order chi connectivity index (χ1) is 12.3. The average Bonchev–Trinajstić information content (AvgIpc) is 3.18. The number of anilines is 2. The van der Waals surface area contributed by atoms with Crippen LogP contribution in [-0.4, -0.2) is 54.0 Å². The van der Waals surface area contributed by atoms with Crippen LogP contribution in [0.2, 0.25) is 0 Å². The summed E-state index contributed by atoms with van der Waals surface area (Å²) >= 11 is 0. The number of aryl methyl sites for hydroxylation is 1. The molecule has 126 valence electrons. The van der Waals surface area contributed by atoms with Crippen molar-refractivity contribution in [3.63, 3.8) is 0 Å². The Bertz CT molecular complexity index is 1040. The van der Waals surface area contributed by atoms with Gasteiger partial charge in [0.15, 0.2) is 11.5 Å². The maximum atomic E-state index is 4.53. The molecule has 1 N–H and O–H groups in total. The largest absolute Gasteiger partial charge is 0.368 e. The van der Waals surface area contributed by atoms with Crippen molar-refractivity contribution in [1.82, 2.24) is 34.4 Å². The SMILES string of the molecule is Cc1cc2c(NCC3CN(c4ccc5nncn5n4)C3)nccn2n1. The van der Waals surface area contributed by atoms with E-state index in [-0.39, 0.29) is 0 Å². The molecule has 0 aliphatic carbocycles. The van der Waals surface area contributed by atoms with Gasteiger partial charge in [0.25, 0.3) is 0 Å². The van der Waals surface area contributed by atoms with Crippen LogP contribution in [0.1, 0.15) is 5.69 Å². The molecule has 5 heterocycles. The molecule has 4 aromatic heterocycles. The first-order valence-corrected chi connectivity index (χ1v) is 8.23. The van der Waals surface area contributed by atoms with Crippen LogP contribution in [0.25, 0.3) is 11.2 Å². The fourth-order valence-corrected chi connectivity index (χ4v) is 3.19. The van der Waals surface area contributed by atoms with E-state index in [1.54, 1.807) is 17.0 Å². The standard InChI is InChI=1S/C16H17N9/c1-11-6-13-16(17-4-5-24(13)21-11)18-7-12-8-23(9-12)15-3-2-14-20-19-10-25(14)22-15/h2-6,10,12H,7-9H2,1H3,(H,17,18). The zero-order valence-corrected chi connectivity index (χ0v) is 13.7. The quantitative estimate of drug-likeness (QED) is 0.596. The van der Waals surface area contributed by atoms with Gasteiger partial charge in [-0.3, -0.25) is 0 Å². The van der Waals surface area contributed by atoms with Crippen LogP contribution in [0.3, 0.4) is 0 Å². The van der Waals surface area contributed by atoms with Gasteiger partial charge < -0.3 is 10.2 Å². The van der Waals surface area contributed by atoms with E-state index < -0.39 is 0 Å². The van der Waals surface area contributed by atoms with Crippen LogP contribution in [0.4, 0.5) is 11.6 Å². The Hall–Kier alpha value is -3.23. The lowest BCUT2D eigenvalue weighted by atomic mass is 10.0. The van der Waals surface area contributed by atoms with E-state index in [0.29, 0.717) is 5.92 Å². The van der Waals surface area contributed by atoms with Crippen molar-refractivity contribution >= 4 is 22.8 Å². The third-order valence-corrected chi connectivity index (χ3v) is 4.50. The van der Waals surface area contributed by atoms with Crippen molar-refractivity contribution in [3.8, 4) is 0 Å². The maximum absolute atomic E-state index is 4.53. The molecular weight excluding hydrogens is 318 g/mol. The highest BCUT2D eigenvalue weighted by molar-refractivity contribution is 5.67. The second kappa shape index (κ2) is 5.40. The molecule has 4 aromatic rings. The Morgan fingerprint density at radius 3 is 3.04 bits per heavy atom. The van der Waals surface area contributed by atoms with E-state index in [2.05, 4.69) is 35.6 Å². The first kappa shape index (κ1) is 14.1. The van der Waals surface area contributed by atoms with Gasteiger partial charge in [-0.05, 0) is 25.1 Å². The van der Waals surface area contributed by atoms with Gasteiger partial charge in [-0.15, -0.1) is 15.3 Å². The van der Waals surface area contributed by atoms with E-state index in [9.17, 15) is 0 Å². The molecule has 1 fully saturated rings. The molecule has 0 unspecified atom stereocenters. The van der Waals surface area contributed by atoms with Gasteiger partial charge in [0.2, 0.25) is 0 Å². The highest BCUT2D eigenvalue weighted by Crippen LogP contribution is 2.23. The molecule has 1 aliphatic rings. The Morgan fingerprint density at radius 1 is 1.20 bits per heavy atom. The minimum atomic E-state index is 0.560. The van der Waals surface area contributed by atoms with E-state index >= 15 is 0 Å². The third kappa shape index (κ3) is 2.44. The van der Waals surface area contributed by atoms with Crippen molar-refractivity contribution < 1.29 is 0 Å². The van der Waals surface area contributed by atoms with Gasteiger partial charge in [0.05, 0.1) is 5.69 Å². The fourth-order valence-electron chi connectivity index (χ4n) is 3.19.